The van der Waals surface area contributed by atoms with Crippen molar-refractivity contribution >= 4 is 22.6 Å². The van der Waals surface area contributed by atoms with Crippen molar-refractivity contribution in [3.05, 3.63) is 0 Å². The normalized spacial score (nSPS) is 33.5. The quantitative estimate of drug-likeness (QED) is 0.591. The van der Waals surface area contributed by atoms with E-state index in [4.69, 9.17) is 4.74 Å². The molecule has 3 heteroatoms. The standard InChI is InChI=1S/C10H18INO/c11-8-9-2-1-3-10(13-9)4-6-12-7-5-10/h9,12H,1-8H2. The average molecular weight is 295 g/mol. The third-order valence-electron chi connectivity index (χ3n) is 3.26. The summed E-state index contributed by atoms with van der Waals surface area (Å²) in [6.07, 6.45) is 6.92. The summed E-state index contributed by atoms with van der Waals surface area (Å²) >= 11 is 2.45. The van der Waals surface area contributed by atoms with Gasteiger partial charge in [-0.05, 0) is 45.2 Å². The lowest BCUT2D eigenvalue weighted by molar-refractivity contribution is -0.132. The molecule has 2 aliphatic rings. The molecule has 2 saturated heterocycles. The zero-order valence-electron chi connectivity index (χ0n) is 8.02. The fourth-order valence-corrected chi connectivity index (χ4v) is 3.10. The Morgan fingerprint density at radius 2 is 2.08 bits per heavy atom. The molecule has 0 aromatic heterocycles. The molecule has 13 heavy (non-hydrogen) atoms. The van der Waals surface area contributed by atoms with Gasteiger partial charge in [-0.25, -0.2) is 0 Å². The third kappa shape index (κ3) is 2.36. The first-order valence-corrected chi connectivity index (χ1v) is 6.82. The van der Waals surface area contributed by atoms with Crippen LogP contribution in [0.1, 0.15) is 32.1 Å². The Kier molecular flexibility index (Phi) is 3.48. The van der Waals surface area contributed by atoms with E-state index < -0.39 is 0 Å². The highest BCUT2D eigenvalue weighted by atomic mass is 127. The summed E-state index contributed by atoms with van der Waals surface area (Å²) in [6.45, 7) is 2.29. The molecule has 0 aliphatic carbocycles. The first-order valence-electron chi connectivity index (χ1n) is 5.29. The lowest BCUT2D eigenvalue weighted by atomic mass is 9.84. The minimum atomic E-state index is 0.263. The number of hydrogen-bond donors (Lipinski definition) is 1. The van der Waals surface area contributed by atoms with Crippen LogP contribution in [0.5, 0.6) is 0 Å². The van der Waals surface area contributed by atoms with Gasteiger partial charge in [0.1, 0.15) is 0 Å². The molecule has 2 aliphatic heterocycles. The highest BCUT2D eigenvalue weighted by molar-refractivity contribution is 14.1. The topological polar surface area (TPSA) is 21.3 Å². The number of halogens is 1. The van der Waals surface area contributed by atoms with Crippen molar-refractivity contribution in [2.24, 2.45) is 0 Å². The van der Waals surface area contributed by atoms with E-state index in [1.165, 1.54) is 32.1 Å². The van der Waals surface area contributed by atoms with E-state index in [0.717, 1.165) is 17.5 Å². The number of hydrogen-bond acceptors (Lipinski definition) is 2. The smallest absolute Gasteiger partial charge is 0.0710 e. The van der Waals surface area contributed by atoms with Gasteiger partial charge < -0.3 is 10.1 Å². The third-order valence-corrected chi connectivity index (χ3v) is 4.24. The second-order valence-electron chi connectivity index (χ2n) is 4.22. The maximum atomic E-state index is 6.22. The van der Waals surface area contributed by atoms with Gasteiger partial charge in [-0.1, -0.05) is 22.6 Å². The monoisotopic (exact) mass is 295 g/mol. The molecule has 1 unspecified atom stereocenters. The van der Waals surface area contributed by atoms with Gasteiger partial charge in [-0.2, -0.15) is 0 Å². The van der Waals surface area contributed by atoms with Gasteiger partial charge in [0.05, 0.1) is 11.7 Å². The van der Waals surface area contributed by atoms with Crippen molar-refractivity contribution in [1.82, 2.24) is 5.32 Å². The van der Waals surface area contributed by atoms with Crippen LogP contribution in [0, 0.1) is 0 Å². The van der Waals surface area contributed by atoms with Gasteiger partial charge >= 0.3 is 0 Å². The predicted octanol–water partition coefficient (Wildman–Crippen LogP) is 2.11. The maximum Gasteiger partial charge on any atom is 0.0710 e. The molecule has 2 nitrogen and oxygen atoms in total. The Morgan fingerprint density at radius 3 is 2.77 bits per heavy atom. The molecule has 0 aromatic rings. The highest BCUT2D eigenvalue weighted by Crippen LogP contribution is 2.35. The van der Waals surface area contributed by atoms with Crippen LogP contribution in [-0.4, -0.2) is 29.2 Å². The number of ether oxygens (including phenoxy) is 1. The Morgan fingerprint density at radius 1 is 1.31 bits per heavy atom. The SMILES string of the molecule is ICC1CCCC2(CCNCC2)O1. The van der Waals surface area contributed by atoms with Gasteiger partial charge in [-0.15, -0.1) is 0 Å². The number of rotatable bonds is 1. The van der Waals surface area contributed by atoms with Crippen molar-refractivity contribution in [2.45, 2.75) is 43.8 Å². The van der Waals surface area contributed by atoms with Crippen LogP contribution in [-0.2, 0) is 4.74 Å². The van der Waals surface area contributed by atoms with E-state index >= 15 is 0 Å². The van der Waals surface area contributed by atoms with Crippen LogP contribution in [0.2, 0.25) is 0 Å². The van der Waals surface area contributed by atoms with Crippen LogP contribution in [0.4, 0.5) is 0 Å². The number of nitrogens with one attached hydrogen (secondary N) is 1. The Balaban J connectivity index is 1.95. The van der Waals surface area contributed by atoms with Crippen molar-refractivity contribution in [3.8, 4) is 0 Å². The minimum absolute atomic E-state index is 0.263. The molecule has 1 N–H and O–H groups in total. The number of alkyl halides is 1. The molecule has 0 radical (unpaired) electrons. The largest absolute Gasteiger partial charge is 0.371 e. The Bertz CT molecular complexity index is 163. The summed E-state index contributed by atoms with van der Waals surface area (Å²) in [5.41, 5.74) is 0.263. The molecule has 0 amide bonds. The lowest BCUT2D eigenvalue weighted by Gasteiger charge is -2.43. The predicted molar refractivity (Wildman–Crippen MR) is 62.4 cm³/mol. The van der Waals surface area contributed by atoms with E-state index in [9.17, 15) is 0 Å². The van der Waals surface area contributed by atoms with Gasteiger partial charge in [0.2, 0.25) is 0 Å². The average Bonchev–Trinajstić information content (AvgIpc) is 2.19. The van der Waals surface area contributed by atoms with Crippen molar-refractivity contribution in [1.29, 1.82) is 0 Å². The van der Waals surface area contributed by atoms with Crippen LogP contribution < -0.4 is 5.32 Å². The molecule has 2 heterocycles. The zero-order valence-corrected chi connectivity index (χ0v) is 10.2. The molecular formula is C10H18INO. The van der Waals surface area contributed by atoms with Crippen LogP contribution >= 0.6 is 22.6 Å². The maximum absolute atomic E-state index is 6.22. The summed E-state index contributed by atoms with van der Waals surface area (Å²) < 4.78 is 7.38. The summed E-state index contributed by atoms with van der Waals surface area (Å²) in [7, 11) is 0. The number of piperidine rings is 1. The Labute approximate surface area is 93.9 Å². The zero-order chi connectivity index (χ0) is 9.15. The fraction of sp³-hybridized carbons (Fsp3) is 1.00. The van der Waals surface area contributed by atoms with E-state index in [-0.39, 0.29) is 5.60 Å². The summed E-state index contributed by atoms with van der Waals surface area (Å²) in [5, 5.41) is 3.41. The summed E-state index contributed by atoms with van der Waals surface area (Å²) in [5.74, 6) is 0. The van der Waals surface area contributed by atoms with Crippen LogP contribution in [0.15, 0.2) is 0 Å². The second-order valence-corrected chi connectivity index (χ2v) is 5.10. The van der Waals surface area contributed by atoms with E-state index in [1.54, 1.807) is 0 Å². The first kappa shape index (κ1) is 10.2. The van der Waals surface area contributed by atoms with E-state index in [2.05, 4.69) is 27.9 Å². The van der Waals surface area contributed by atoms with Crippen molar-refractivity contribution in [3.63, 3.8) is 0 Å². The van der Waals surface area contributed by atoms with Gasteiger partial charge in [0.15, 0.2) is 0 Å². The molecule has 1 spiro atoms. The van der Waals surface area contributed by atoms with Crippen LogP contribution in [0.25, 0.3) is 0 Å². The van der Waals surface area contributed by atoms with Gasteiger partial charge in [-0.3, -0.25) is 0 Å². The summed E-state index contributed by atoms with van der Waals surface area (Å²) in [6, 6.07) is 0. The lowest BCUT2D eigenvalue weighted by Crippen LogP contribution is -2.48. The highest BCUT2D eigenvalue weighted by Gasteiger charge is 2.37. The molecule has 0 aromatic carbocycles. The van der Waals surface area contributed by atoms with Gasteiger partial charge in [0, 0.05) is 4.43 Å². The molecule has 0 bridgehead atoms. The Hall–Kier alpha value is 0.650. The first-order chi connectivity index (χ1) is 6.35. The molecule has 1 atom stereocenters. The van der Waals surface area contributed by atoms with Gasteiger partial charge in [0.25, 0.3) is 0 Å². The molecule has 2 rings (SSSR count). The second kappa shape index (κ2) is 4.45. The molecule has 2 fully saturated rings. The summed E-state index contributed by atoms with van der Waals surface area (Å²) in [4.78, 5) is 0. The van der Waals surface area contributed by atoms with E-state index in [1.807, 2.05) is 0 Å². The van der Waals surface area contributed by atoms with Crippen molar-refractivity contribution in [2.75, 3.05) is 17.5 Å². The van der Waals surface area contributed by atoms with Crippen molar-refractivity contribution < 1.29 is 4.74 Å². The molecule has 76 valence electrons. The molecule has 0 saturated carbocycles. The van der Waals surface area contributed by atoms with E-state index in [0.29, 0.717) is 6.10 Å². The molecular weight excluding hydrogens is 277 g/mol. The minimum Gasteiger partial charge on any atom is -0.371 e. The fourth-order valence-electron chi connectivity index (χ4n) is 2.48. The van der Waals surface area contributed by atoms with Crippen LogP contribution in [0.3, 0.4) is 0 Å².